The van der Waals surface area contributed by atoms with E-state index >= 15 is 0 Å². The molecule has 5 heteroatoms. The number of nitrogens with two attached hydrogens (primary N) is 1. The highest BCUT2D eigenvalue weighted by molar-refractivity contribution is 7.99. The first kappa shape index (κ1) is 13.4. The van der Waals surface area contributed by atoms with Gasteiger partial charge in [-0.05, 0) is 29.9 Å². The van der Waals surface area contributed by atoms with E-state index in [0.29, 0.717) is 11.3 Å². The normalized spacial score (nSPS) is 11.8. The van der Waals surface area contributed by atoms with Crippen LogP contribution in [0.15, 0.2) is 23.1 Å². The summed E-state index contributed by atoms with van der Waals surface area (Å²) in [5, 5.41) is 0. The Labute approximate surface area is 97.2 Å². The number of alkyl halides is 3. The Hall–Kier alpha value is -0.680. The maximum atomic E-state index is 12.7. The van der Waals surface area contributed by atoms with Crippen molar-refractivity contribution in [3.63, 3.8) is 0 Å². The Kier molecular flexibility index (Phi) is 4.68. The molecule has 0 fully saturated rings. The molecule has 0 unspecified atom stereocenters. The second-order valence-corrected chi connectivity index (χ2v) is 4.52. The molecular weight excluding hydrogens is 235 g/mol. The van der Waals surface area contributed by atoms with Crippen LogP contribution in [0.3, 0.4) is 0 Å². The number of hydrogen-bond donors (Lipinski definition) is 1. The fourth-order valence-corrected chi connectivity index (χ4v) is 2.18. The van der Waals surface area contributed by atoms with Crippen molar-refractivity contribution in [2.45, 2.75) is 31.0 Å². The summed E-state index contributed by atoms with van der Waals surface area (Å²) in [7, 11) is 0. The lowest BCUT2D eigenvalue weighted by Gasteiger charge is -2.13. The van der Waals surface area contributed by atoms with Gasteiger partial charge in [-0.15, -0.1) is 11.8 Å². The summed E-state index contributed by atoms with van der Waals surface area (Å²) in [4.78, 5) is 0.284. The largest absolute Gasteiger partial charge is 0.417 e. The van der Waals surface area contributed by atoms with Crippen LogP contribution in [-0.4, -0.2) is 5.75 Å². The van der Waals surface area contributed by atoms with Crippen LogP contribution in [0.25, 0.3) is 0 Å². The SMILES string of the molecule is CCCSc1ccc(CN)cc1C(F)(F)F. The molecule has 0 heterocycles. The number of benzene rings is 1. The highest BCUT2D eigenvalue weighted by atomic mass is 32.2. The van der Waals surface area contributed by atoms with Crippen molar-refractivity contribution in [3.8, 4) is 0 Å². The lowest BCUT2D eigenvalue weighted by atomic mass is 10.1. The molecule has 0 aliphatic carbocycles. The molecule has 0 aromatic heterocycles. The lowest BCUT2D eigenvalue weighted by molar-refractivity contribution is -0.139. The summed E-state index contributed by atoms with van der Waals surface area (Å²) in [6.45, 7) is 2.07. The number of halogens is 3. The third-order valence-electron chi connectivity index (χ3n) is 2.05. The van der Waals surface area contributed by atoms with Gasteiger partial charge in [-0.25, -0.2) is 0 Å². The van der Waals surface area contributed by atoms with E-state index in [-0.39, 0.29) is 11.4 Å². The number of hydrogen-bond acceptors (Lipinski definition) is 2. The maximum absolute atomic E-state index is 12.7. The van der Waals surface area contributed by atoms with Gasteiger partial charge < -0.3 is 5.73 Å². The minimum Gasteiger partial charge on any atom is -0.326 e. The second kappa shape index (κ2) is 5.59. The van der Waals surface area contributed by atoms with E-state index in [1.807, 2.05) is 6.92 Å². The topological polar surface area (TPSA) is 26.0 Å². The van der Waals surface area contributed by atoms with E-state index < -0.39 is 11.7 Å². The maximum Gasteiger partial charge on any atom is 0.417 e. The van der Waals surface area contributed by atoms with E-state index in [2.05, 4.69) is 0 Å². The first-order valence-electron chi connectivity index (χ1n) is 5.02. The average molecular weight is 249 g/mol. The van der Waals surface area contributed by atoms with Gasteiger partial charge in [0, 0.05) is 11.4 Å². The molecule has 2 N–H and O–H groups in total. The van der Waals surface area contributed by atoms with E-state index in [1.54, 1.807) is 6.07 Å². The molecule has 16 heavy (non-hydrogen) atoms. The summed E-state index contributed by atoms with van der Waals surface area (Å²) in [5.41, 5.74) is 5.27. The van der Waals surface area contributed by atoms with Gasteiger partial charge in [0.1, 0.15) is 0 Å². The lowest BCUT2D eigenvalue weighted by Crippen LogP contribution is -2.09. The molecule has 0 aliphatic rings. The quantitative estimate of drug-likeness (QED) is 0.824. The van der Waals surface area contributed by atoms with Crippen LogP contribution in [0.5, 0.6) is 0 Å². The fourth-order valence-electron chi connectivity index (χ4n) is 1.26. The zero-order valence-corrected chi connectivity index (χ0v) is 9.79. The molecule has 1 aromatic carbocycles. The molecule has 0 saturated heterocycles. The first-order valence-corrected chi connectivity index (χ1v) is 6.00. The highest BCUT2D eigenvalue weighted by Gasteiger charge is 2.33. The Bertz CT molecular complexity index is 350. The zero-order chi connectivity index (χ0) is 12.2. The van der Waals surface area contributed by atoms with Gasteiger partial charge in [0.2, 0.25) is 0 Å². The molecule has 0 aliphatic heterocycles. The van der Waals surface area contributed by atoms with Gasteiger partial charge in [-0.2, -0.15) is 13.2 Å². The third kappa shape index (κ3) is 3.42. The predicted molar refractivity (Wildman–Crippen MR) is 60.4 cm³/mol. The molecule has 0 spiro atoms. The van der Waals surface area contributed by atoms with Gasteiger partial charge in [0.15, 0.2) is 0 Å². The van der Waals surface area contributed by atoms with Crippen molar-refractivity contribution in [3.05, 3.63) is 29.3 Å². The molecule has 1 rings (SSSR count). The summed E-state index contributed by atoms with van der Waals surface area (Å²) < 4.78 is 38.2. The second-order valence-electron chi connectivity index (χ2n) is 3.38. The minimum absolute atomic E-state index is 0.127. The molecular formula is C11H14F3NS. The molecule has 0 amide bonds. The van der Waals surface area contributed by atoms with Gasteiger partial charge in [0.25, 0.3) is 0 Å². The monoisotopic (exact) mass is 249 g/mol. The Morgan fingerprint density at radius 3 is 2.50 bits per heavy atom. The van der Waals surface area contributed by atoms with Crippen LogP contribution in [0.4, 0.5) is 13.2 Å². The van der Waals surface area contributed by atoms with Gasteiger partial charge in [-0.3, -0.25) is 0 Å². The molecule has 90 valence electrons. The molecule has 0 bridgehead atoms. The molecule has 0 saturated carbocycles. The smallest absolute Gasteiger partial charge is 0.326 e. The Morgan fingerprint density at radius 1 is 1.31 bits per heavy atom. The van der Waals surface area contributed by atoms with Crippen LogP contribution in [0.1, 0.15) is 24.5 Å². The minimum atomic E-state index is -4.30. The number of rotatable bonds is 4. The average Bonchev–Trinajstić information content (AvgIpc) is 2.25. The van der Waals surface area contributed by atoms with Crippen LogP contribution in [0.2, 0.25) is 0 Å². The first-order chi connectivity index (χ1) is 7.49. The van der Waals surface area contributed by atoms with Crippen LogP contribution in [0, 0.1) is 0 Å². The van der Waals surface area contributed by atoms with Crippen LogP contribution in [-0.2, 0) is 12.7 Å². The van der Waals surface area contributed by atoms with Crippen LogP contribution >= 0.6 is 11.8 Å². The highest BCUT2D eigenvalue weighted by Crippen LogP contribution is 2.37. The zero-order valence-electron chi connectivity index (χ0n) is 8.97. The molecule has 1 aromatic rings. The van der Waals surface area contributed by atoms with E-state index in [0.717, 1.165) is 12.5 Å². The van der Waals surface area contributed by atoms with Crippen molar-refractivity contribution in [2.24, 2.45) is 5.73 Å². The standard InChI is InChI=1S/C11H14F3NS/c1-2-5-16-10-4-3-8(7-15)6-9(10)11(12,13)14/h3-4,6H,2,5,7,15H2,1H3. The third-order valence-corrected chi connectivity index (χ3v) is 3.33. The molecule has 1 nitrogen and oxygen atoms in total. The molecule has 0 atom stereocenters. The van der Waals surface area contributed by atoms with Gasteiger partial charge in [-0.1, -0.05) is 13.0 Å². The van der Waals surface area contributed by atoms with E-state index in [1.165, 1.54) is 17.8 Å². The van der Waals surface area contributed by atoms with Crippen molar-refractivity contribution in [1.82, 2.24) is 0 Å². The summed E-state index contributed by atoms with van der Waals surface area (Å²) in [5.74, 6) is 0.686. The van der Waals surface area contributed by atoms with Gasteiger partial charge >= 0.3 is 6.18 Å². The van der Waals surface area contributed by atoms with E-state index in [4.69, 9.17) is 5.73 Å². The van der Waals surface area contributed by atoms with Gasteiger partial charge in [0.05, 0.1) is 5.56 Å². The van der Waals surface area contributed by atoms with Crippen molar-refractivity contribution in [2.75, 3.05) is 5.75 Å². The van der Waals surface area contributed by atoms with Crippen LogP contribution < -0.4 is 5.73 Å². The Morgan fingerprint density at radius 2 is 2.00 bits per heavy atom. The fraction of sp³-hybridized carbons (Fsp3) is 0.455. The van der Waals surface area contributed by atoms with Crippen molar-refractivity contribution < 1.29 is 13.2 Å². The number of thioether (sulfide) groups is 1. The van der Waals surface area contributed by atoms with Crippen molar-refractivity contribution in [1.29, 1.82) is 0 Å². The van der Waals surface area contributed by atoms with Crippen molar-refractivity contribution >= 4 is 11.8 Å². The summed E-state index contributed by atoms with van der Waals surface area (Å²) in [6.07, 6.45) is -3.46. The van der Waals surface area contributed by atoms with E-state index in [9.17, 15) is 13.2 Å². The Balaban J connectivity index is 3.06. The molecule has 0 radical (unpaired) electrons. The summed E-state index contributed by atoms with van der Waals surface area (Å²) in [6, 6.07) is 4.29. The predicted octanol–water partition coefficient (Wildman–Crippen LogP) is 3.67. The summed E-state index contributed by atoms with van der Waals surface area (Å²) >= 11 is 1.23.